The Morgan fingerprint density at radius 3 is 2.72 bits per heavy atom. The van der Waals surface area contributed by atoms with Gasteiger partial charge in [-0.25, -0.2) is 0 Å². The van der Waals surface area contributed by atoms with Gasteiger partial charge in [-0.15, -0.1) is 0 Å². The molecule has 0 spiro atoms. The van der Waals surface area contributed by atoms with Gasteiger partial charge >= 0.3 is 0 Å². The molecule has 1 amide bonds. The van der Waals surface area contributed by atoms with E-state index < -0.39 is 0 Å². The average molecular weight is 357 g/mol. The van der Waals surface area contributed by atoms with Crippen molar-refractivity contribution in [3.63, 3.8) is 0 Å². The number of amides is 1. The van der Waals surface area contributed by atoms with E-state index in [2.05, 4.69) is 60.7 Å². The Kier molecular flexibility index (Phi) is 4.65. The highest BCUT2D eigenvalue weighted by molar-refractivity contribution is 14.1. The van der Waals surface area contributed by atoms with Crippen LogP contribution in [0, 0.1) is 15.4 Å². The second kappa shape index (κ2) is 6.04. The molecule has 18 heavy (non-hydrogen) atoms. The first-order valence-electron chi connectivity index (χ1n) is 6.59. The fourth-order valence-electron chi connectivity index (χ4n) is 2.12. The predicted molar refractivity (Wildman–Crippen MR) is 82.1 cm³/mol. The van der Waals surface area contributed by atoms with Crippen molar-refractivity contribution in [1.82, 2.24) is 4.90 Å². The Hall–Kier alpha value is -0.580. The molecule has 0 bridgehead atoms. The summed E-state index contributed by atoms with van der Waals surface area (Å²) in [4.78, 5) is 14.3. The third kappa shape index (κ3) is 3.97. The minimum atomic E-state index is 0.312. The molecule has 1 aromatic carbocycles. The fraction of sp³-hybridized carbons (Fsp3) is 0.533. The molecular weight excluding hydrogens is 337 g/mol. The van der Waals surface area contributed by atoms with E-state index in [9.17, 15) is 4.79 Å². The van der Waals surface area contributed by atoms with Crippen molar-refractivity contribution in [1.29, 1.82) is 0 Å². The lowest BCUT2D eigenvalue weighted by Gasteiger charge is -2.25. The van der Waals surface area contributed by atoms with E-state index in [1.54, 1.807) is 0 Å². The third-order valence-electron chi connectivity index (χ3n) is 3.09. The monoisotopic (exact) mass is 357 g/mol. The summed E-state index contributed by atoms with van der Waals surface area (Å²) in [6, 6.07) is 8.41. The molecule has 0 aliphatic heterocycles. The molecule has 0 N–H and O–H groups in total. The van der Waals surface area contributed by atoms with Crippen molar-refractivity contribution in [3.05, 3.63) is 33.4 Å². The first kappa shape index (κ1) is 13.8. The molecule has 0 heterocycles. The third-order valence-corrected chi connectivity index (χ3v) is 3.76. The van der Waals surface area contributed by atoms with Crippen LogP contribution in [-0.4, -0.2) is 17.4 Å². The highest BCUT2D eigenvalue weighted by Crippen LogP contribution is 2.31. The maximum Gasteiger partial charge on any atom is 0.225 e. The lowest BCUT2D eigenvalue weighted by molar-refractivity contribution is -0.133. The molecule has 0 atom stereocenters. The summed E-state index contributed by atoms with van der Waals surface area (Å²) >= 11 is 2.32. The van der Waals surface area contributed by atoms with Gasteiger partial charge in [0.25, 0.3) is 0 Å². The molecule has 1 aliphatic rings. The van der Waals surface area contributed by atoms with Crippen LogP contribution in [0.15, 0.2) is 24.3 Å². The molecular formula is C15H20INO. The molecule has 2 nitrogen and oxygen atoms in total. The Morgan fingerprint density at radius 1 is 1.44 bits per heavy atom. The summed E-state index contributed by atoms with van der Waals surface area (Å²) in [5, 5.41) is 0. The Bertz CT molecular complexity index is 426. The number of hydrogen-bond acceptors (Lipinski definition) is 1. The van der Waals surface area contributed by atoms with Gasteiger partial charge in [-0.05, 0) is 59.0 Å². The smallest absolute Gasteiger partial charge is 0.225 e. The van der Waals surface area contributed by atoms with Gasteiger partial charge in [0.05, 0.1) is 0 Å². The summed E-state index contributed by atoms with van der Waals surface area (Å²) in [7, 11) is 0. The highest BCUT2D eigenvalue weighted by atomic mass is 127. The maximum atomic E-state index is 12.3. The number of nitrogens with zero attached hydrogens (tertiary/aromatic N) is 1. The molecule has 98 valence electrons. The van der Waals surface area contributed by atoms with E-state index in [0.29, 0.717) is 17.7 Å². The number of carbonyl (C=O) groups is 1. The SMILES string of the molecule is CC(C)CN(Cc1cccc(I)c1)C(=O)C1CC1. The average Bonchev–Trinajstić information content (AvgIpc) is 3.10. The molecule has 1 aromatic rings. The maximum absolute atomic E-state index is 12.3. The van der Waals surface area contributed by atoms with Gasteiger partial charge in [0.1, 0.15) is 0 Å². The summed E-state index contributed by atoms with van der Waals surface area (Å²) in [5.41, 5.74) is 1.23. The van der Waals surface area contributed by atoms with Gasteiger partial charge in [0.2, 0.25) is 5.91 Å². The van der Waals surface area contributed by atoms with Crippen molar-refractivity contribution in [3.8, 4) is 0 Å². The van der Waals surface area contributed by atoms with E-state index in [0.717, 1.165) is 25.9 Å². The molecule has 0 saturated heterocycles. The van der Waals surface area contributed by atoms with Crippen LogP contribution in [0.5, 0.6) is 0 Å². The summed E-state index contributed by atoms with van der Waals surface area (Å²) in [6.45, 7) is 5.95. The number of rotatable bonds is 5. The summed E-state index contributed by atoms with van der Waals surface area (Å²) in [5.74, 6) is 1.18. The normalized spacial score (nSPS) is 14.9. The molecule has 0 unspecified atom stereocenters. The van der Waals surface area contributed by atoms with Crippen LogP contribution >= 0.6 is 22.6 Å². The van der Waals surface area contributed by atoms with Gasteiger partial charge < -0.3 is 4.90 Å². The zero-order chi connectivity index (χ0) is 13.1. The quantitative estimate of drug-likeness (QED) is 0.736. The number of halogens is 1. The number of hydrogen-bond donors (Lipinski definition) is 0. The summed E-state index contributed by atoms with van der Waals surface area (Å²) < 4.78 is 1.23. The Morgan fingerprint density at radius 2 is 2.17 bits per heavy atom. The van der Waals surface area contributed by atoms with Crippen LogP contribution in [0.3, 0.4) is 0 Å². The second-order valence-electron chi connectivity index (χ2n) is 5.52. The van der Waals surface area contributed by atoms with E-state index in [1.807, 2.05) is 4.90 Å². The lowest BCUT2D eigenvalue weighted by Crippen LogP contribution is -2.34. The molecule has 0 radical (unpaired) electrons. The Labute approximate surface area is 123 Å². The van der Waals surface area contributed by atoms with Gasteiger partial charge in [-0.2, -0.15) is 0 Å². The van der Waals surface area contributed by atoms with Crippen LogP contribution in [0.4, 0.5) is 0 Å². The van der Waals surface area contributed by atoms with Gasteiger partial charge in [0, 0.05) is 22.6 Å². The zero-order valence-corrected chi connectivity index (χ0v) is 13.2. The van der Waals surface area contributed by atoms with Crippen LogP contribution in [0.25, 0.3) is 0 Å². The molecule has 1 aliphatic carbocycles. The second-order valence-corrected chi connectivity index (χ2v) is 6.76. The standard InChI is InChI=1S/C15H20INO/c1-11(2)9-17(15(18)13-6-7-13)10-12-4-3-5-14(16)8-12/h3-5,8,11,13H,6-7,9-10H2,1-2H3. The van der Waals surface area contributed by atoms with E-state index in [1.165, 1.54) is 9.13 Å². The van der Waals surface area contributed by atoms with Gasteiger partial charge in [-0.1, -0.05) is 26.0 Å². The van der Waals surface area contributed by atoms with Crippen molar-refractivity contribution in [2.24, 2.45) is 11.8 Å². The summed E-state index contributed by atoms with van der Waals surface area (Å²) in [6.07, 6.45) is 2.17. The number of benzene rings is 1. The van der Waals surface area contributed by atoms with E-state index in [4.69, 9.17) is 0 Å². The van der Waals surface area contributed by atoms with Gasteiger partial charge in [-0.3, -0.25) is 4.79 Å². The van der Waals surface area contributed by atoms with Crippen molar-refractivity contribution < 1.29 is 4.79 Å². The first-order chi connectivity index (χ1) is 8.56. The molecule has 2 rings (SSSR count). The largest absolute Gasteiger partial charge is 0.338 e. The van der Waals surface area contributed by atoms with Crippen molar-refractivity contribution in [2.75, 3.05) is 6.54 Å². The zero-order valence-electron chi connectivity index (χ0n) is 11.0. The van der Waals surface area contributed by atoms with Crippen LogP contribution < -0.4 is 0 Å². The minimum Gasteiger partial charge on any atom is -0.338 e. The molecule has 1 saturated carbocycles. The number of carbonyl (C=O) groups excluding carboxylic acids is 1. The van der Waals surface area contributed by atoms with Gasteiger partial charge in [0.15, 0.2) is 0 Å². The lowest BCUT2D eigenvalue weighted by atomic mass is 10.1. The fourth-order valence-corrected chi connectivity index (χ4v) is 2.72. The topological polar surface area (TPSA) is 20.3 Å². The van der Waals surface area contributed by atoms with Crippen LogP contribution in [-0.2, 0) is 11.3 Å². The molecule has 3 heteroatoms. The van der Waals surface area contributed by atoms with Crippen molar-refractivity contribution >= 4 is 28.5 Å². The first-order valence-corrected chi connectivity index (χ1v) is 7.67. The minimum absolute atomic E-state index is 0.312. The van der Waals surface area contributed by atoms with Crippen LogP contribution in [0.1, 0.15) is 32.3 Å². The highest BCUT2D eigenvalue weighted by Gasteiger charge is 2.33. The van der Waals surface area contributed by atoms with E-state index >= 15 is 0 Å². The molecule has 0 aromatic heterocycles. The van der Waals surface area contributed by atoms with Crippen LogP contribution in [0.2, 0.25) is 0 Å². The molecule has 1 fully saturated rings. The van der Waals surface area contributed by atoms with Crippen molar-refractivity contribution in [2.45, 2.75) is 33.2 Å². The van der Waals surface area contributed by atoms with E-state index in [-0.39, 0.29) is 0 Å². The Balaban J connectivity index is 2.06. The predicted octanol–water partition coefficient (Wildman–Crippen LogP) is 3.69.